The topological polar surface area (TPSA) is 46.0 Å². The molecule has 0 fully saturated rings. The van der Waals surface area contributed by atoms with Crippen LogP contribution in [-0.2, 0) is 0 Å². The van der Waals surface area contributed by atoms with Gasteiger partial charge in [-0.05, 0) is 24.4 Å². The highest BCUT2D eigenvalue weighted by Gasteiger charge is 1.98. The van der Waals surface area contributed by atoms with E-state index in [1.54, 1.807) is 24.4 Å². The second kappa shape index (κ2) is 4.78. The average Bonchev–Trinajstić information content (AvgIpc) is 2.63. The van der Waals surface area contributed by atoms with Crippen molar-refractivity contribution in [2.75, 3.05) is 0 Å². The van der Waals surface area contributed by atoms with Gasteiger partial charge in [-0.2, -0.15) is 14.9 Å². The molecule has 0 amide bonds. The van der Waals surface area contributed by atoms with Crippen LogP contribution in [0.5, 0.6) is 0 Å². The number of halogens is 2. The van der Waals surface area contributed by atoms with Gasteiger partial charge in [-0.15, -0.1) is 0 Å². The molecular formula is C9H6Cl2N4S. The predicted octanol–water partition coefficient (Wildman–Crippen LogP) is 3.13. The first kappa shape index (κ1) is 11.3. The van der Waals surface area contributed by atoms with E-state index in [-0.39, 0.29) is 0 Å². The summed E-state index contributed by atoms with van der Waals surface area (Å²) in [5.74, 6) is 0. The Kier molecular flexibility index (Phi) is 3.38. The Bertz CT molecular complexity index is 587. The molecule has 1 N–H and O–H groups in total. The highest BCUT2D eigenvalue weighted by Crippen LogP contribution is 2.19. The summed E-state index contributed by atoms with van der Waals surface area (Å²) in [7, 11) is 0. The van der Waals surface area contributed by atoms with Crippen LogP contribution in [0.3, 0.4) is 0 Å². The highest BCUT2D eigenvalue weighted by molar-refractivity contribution is 7.71. The molecule has 1 aromatic heterocycles. The van der Waals surface area contributed by atoms with Gasteiger partial charge in [0.25, 0.3) is 0 Å². The molecule has 0 aliphatic heterocycles. The van der Waals surface area contributed by atoms with Crippen LogP contribution in [0, 0.1) is 4.77 Å². The molecule has 7 heteroatoms. The molecule has 0 bridgehead atoms. The summed E-state index contributed by atoms with van der Waals surface area (Å²) in [6.45, 7) is 0. The minimum atomic E-state index is 0.418. The second-order valence-corrected chi connectivity index (χ2v) is 4.15. The van der Waals surface area contributed by atoms with Crippen LogP contribution in [0.25, 0.3) is 0 Å². The standard InChI is InChI=1S/C9H6Cl2N4S/c10-7-2-1-6(8(11)3-7)4-13-15-5-12-14-9(15)16/h1-5H,(H,14,16)/b13-4+. The number of nitrogens with one attached hydrogen (secondary N) is 1. The maximum atomic E-state index is 5.98. The number of aromatic nitrogens is 3. The van der Waals surface area contributed by atoms with Crippen LogP contribution in [0.1, 0.15) is 5.56 Å². The SMILES string of the molecule is S=c1[nH]ncn1/N=C/c1ccc(Cl)cc1Cl. The van der Waals surface area contributed by atoms with E-state index in [1.807, 2.05) is 0 Å². The molecular weight excluding hydrogens is 267 g/mol. The number of H-pyrrole nitrogens is 1. The van der Waals surface area contributed by atoms with Crippen molar-refractivity contribution in [1.29, 1.82) is 0 Å². The van der Waals surface area contributed by atoms with E-state index in [9.17, 15) is 0 Å². The number of benzene rings is 1. The molecule has 82 valence electrons. The van der Waals surface area contributed by atoms with Crippen molar-refractivity contribution in [2.24, 2.45) is 5.10 Å². The number of aromatic amines is 1. The van der Waals surface area contributed by atoms with Gasteiger partial charge < -0.3 is 0 Å². The molecule has 2 rings (SSSR count). The van der Waals surface area contributed by atoms with Crippen LogP contribution in [0.4, 0.5) is 0 Å². The van der Waals surface area contributed by atoms with Crippen molar-refractivity contribution in [3.63, 3.8) is 0 Å². The molecule has 0 saturated carbocycles. The van der Waals surface area contributed by atoms with E-state index >= 15 is 0 Å². The molecule has 4 nitrogen and oxygen atoms in total. The Morgan fingerprint density at radius 2 is 2.25 bits per heavy atom. The quantitative estimate of drug-likeness (QED) is 0.675. The van der Waals surface area contributed by atoms with Gasteiger partial charge in [-0.3, -0.25) is 5.10 Å². The summed E-state index contributed by atoms with van der Waals surface area (Å²) >= 11 is 16.7. The molecule has 0 spiro atoms. The minimum absolute atomic E-state index is 0.418. The molecule has 0 aliphatic rings. The first-order valence-electron chi connectivity index (χ1n) is 4.28. The number of rotatable bonds is 2. The molecule has 16 heavy (non-hydrogen) atoms. The molecule has 2 aromatic rings. The summed E-state index contributed by atoms with van der Waals surface area (Å²) in [5, 5.41) is 11.5. The molecule has 1 aromatic carbocycles. The zero-order chi connectivity index (χ0) is 11.5. The van der Waals surface area contributed by atoms with E-state index < -0.39 is 0 Å². The molecule has 0 radical (unpaired) electrons. The van der Waals surface area contributed by atoms with Crippen molar-refractivity contribution in [3.8, 4) is 0 Å². The van der Waals surface area contributed by atoms with Gasteiger partial charge in [0.15, 0.2) is 0 Å². The van der Waals surface area contributed by atoms with Gasteiger partial charge in [0.1, 0.15) is 6.33 Å². The van der Waals surface area contributed by atoms with Gasteiger partial charge in [-0.25, -0.2) is 0 Å². The lowest BCUT2D eigenvalue weighted by Gasteiger charge is -1.97. The summed E-state index contributed by atoms with van der Waals surface area (Å²) in [6.07, 6.45) is 3.06. The zero-order valence-corrected chi connectivity index (χ0v) is 10.2. The molecule has 0 unspecified atom stereocenters. The van der Waals surface area contributed by atoms with E-state index in [0.29, 0.717) is 14.8 Å². The van der Waals surface area contributed by atoms with Gasteiger partial charge in [0.05, 0.1) is 11.2 Å². The number of hydrogen-bond donors (Lipinski definition) is 1. The van der Waals surface area contributed by atoms with Gasteiger partial charge in [-0.1, -0.05) is 29.3 Å². The minimum Gasteiger partial charge on any atom is -0.250 e. The number of hydrogen-bond acceptors (Lipinski definition) is 3. The van der Waals surface area contributed by atoms with Crippen LogP contribution >= 0.6 is 35.4 Å². The van der Waals surface area contributed by atoms with Gasteiger partial charge in [0.2, 0.25) is 4.77 Å². The normalized spacial score (nSPS) is 11.1. The van der Waals surface area contributed by atoms with Crippen molar-refractivity contribution in [1.82, 2.24) is 14.9 Å². The maximum Gasteiger partial charge on any atom is 0.216 e. The Morgan fingerprint density at radius 3 is 2.88 bits per heavy atom. The summed E-state index contributed by atoms with van der Waals surface area (Å²) in [4.78, 5) is 0. The van der Waals surface area contributed by atoms with E-state index in [0.717, 1.165) is 5.56 Å². The van der Waals surface area contributed by atoms with E-state index in [1.165, 1.54) is 11.0 Å². The van der Waals surface area contributed by atoms with Crippen LogP contribution in [0.15, 0.2) is 29.6 Å². The summed E-state index contributed by atoms with van der Waals surface area (Å²) in [6, 6.07) is 5.17. The largest absolute Gasteiger partial charge is 0.250 e. The van der Waals surface area contributed by atoms with Crippen molar-refractivity contribution >= 4 is 41.6 Å². The van der Waals surface area contributed by atoms with Crippen LogP contribution in [-0.4, -0.2) is 21.1 Å². The van der Waals surface area contributed by atoms with E-state index in [2.05, 4.69) is 15.3 Å². The van der Waals surface area contributed by atoms with Gasteiger partial charge >= 0.3 is 0 Å². The lowest BCUT2D eigenvalue weighted by atomic mass is 10.2. The second-order valence-electron chi connectivity index (χ2n) is 2.92. The third kappa shape index (κ3) is 2.49. The molecule has 0 atom stereocenters. The fraction of sp³-hybridized carbons (Fsp3) is 0. The molecule has 1 heterocycles. The Hall–Kier alpha value is -1.17. The third-order valence-electron chi connectivity index (χ3n) is 1.82. The van der Waals surface area contributed by atoms with Crippen LogP contribution in [0.2, 0.25) is 10.0 Å². The third-order valence-corrected chi connectivity index (χ3v) is 2.66. The highest BCUT2D eigenvalue weighted by atomic mass is 35.5. The van der Waals surface area contributed by atoms with Crippen molar-refractivity contribution in [3.05, 3.63) is 44.9 Å². The monoisotopic (exact) mass is 272 g/mol. The zero-order valence-electron chi connectivity index (χ0n) is 7.89. The Morgan fingerprint density at radius 1 is 1.44 bits per heavy atom. The lowest BCUT2D eigenvalue weighted by molar-refractivity contribution is 0.863. The lowest BCUT2D eigenvalue weighted by Crippen LogP contribution is -1.89. The first-order valence-corrected chi connectivity index (χ1v) is 5.44. The van der Waals surface area contributed by atoms with E-state index in [4.69, 9.17) is 35.4 Å². The Balaban J connectivity index is 2.31. The van der Waals surface area contributed by atoms with Crippen molar-refractivity contribution in [2.45, 2.75) is 0 Å². The number of nitrogens with zero attached hydrogens (tertiary/aromatic N) is 3. The van der Waals surface area contributed by atoms with Crippen LogP contribution < -0.4 is 0 Å². The molecule has 0 aliphatic carbocycles. The summed E-state index contributed by atoms with van der Waals surface area (Å²) in [5.41, 5.74) is 0.758. The smallest absolute Gasteiger partial charge is 0.216 e. The van der Waals surface area contributed by atoms with Gasteiger partial charge in [0, 0.05) is 10.6 Å². The Labute approximate surface area is 107 Å². The predicted molar refractivity (Wildman–Crippen MR) is 66.9 cm³/mol. The average molecular weight is 273 g/mol. The summed E-state index contributed by atoms with van der Waals surface area (Å²) < 4.78 is 1.85. The first-order chi connectivity index (χ1) is 7.66. The van der Waals surface area contributed by atoms with Crippen molar-refractivity contribution < 1.29 is 0 Å². The maximum absolute atomic E-state index is 5.98. The fourth-order valence-electron chi connectivity index (χ4n) is 1.06. The molecule has 0 saturated heterocycles. The fourth-order valence-corrected chi connectivity index (χ4v) is 1.66.